The summed E-state index contributed by atoms with van der Waals surface area (Å²) in [7, 11) is 10.2. The van der Waals surface area contributed by atoms with Crippen LogP contribution in [0.1, 0.15) is 215 Å². The van der Waals surface area contributed by atoms with E-state index in [9.17, 15) is 56.6 Å². The van der Waals surface area contributed by atoms with Gasteiger partial charge in [0.15, 0.2) is 34.7 Å². The molecule has 0 aliphatic carbocycles. The topological polar surface area (TPSA) is 227 Å². The molecular formula is C122H159F3N10O10. The van der Waals surface area contributed by atoms with Gasteiger partial charge >= 0.3 is 12.1 Å². The van der Waals surface area contributed by atoms with Crippen LogP contribution in [0.3, 0.4) is 0 Å². The molecule has 0 bridgehead atoms. The molecule has 145 heavy (non-hydrogen) atoms. The molecular weight excluding hydrogens is 1820 g/mol. The third-order valence-electron chi connectivity index (χ3n) is 28.3. The molecule has 6 fully saturated rings. The number of aliphatic carboxylic acids is 1. The zero-order valence-electron chi connectivity index (χ0n) is 82.0. The maximum Gasteiger partial charge on any atom is 0.430 e. The van der Waals surface area contributed by atoms with Crippen LogP contribution in [0.25, 0.3) is 64.6 Å². The van der Waals surface area contributed by atoms with Gasteiger partial charge in [-0.15, -0.1) is 0 Å². The fourth-order valence-corrected chi connectivity index (χ4v) is 20.3. The van der Waals surface area contributed by atoms with Crippen LogP contribution in [-0.4, -0.2) is 279 Å². The molecule has 0 spiro atoms. The Kier molecular flexibility index (Phi) is 48.2. The van der Waals surface area contributed by atoms with Crippen molar-refractivity contribution in [3.05, 3.63) is 300 Å². The Morgan fingerprint density at radius 2 is 0.600 bits per heavy atom. The monoisotopic (exact) mass is 1980 g/mol. The zero-order chi connectivity index (χ0) is 99.0. The molecule has 6 heterocycles. The van der Waals surface area contributed by atoms with E-state index in [2.05, 4.69) is 105 Å². The number of benzene rings is 12. The summed E-state index contributed by atoms with van der Waals surface area (Å²) in [6.07, 6.45) is 10.6. The van der Waals surface area contributed by atoms with Crippen LogP contribution in [0.2, 0.25) is 0 Å². The summed E-state index contributed by atoms with van der Waals surface area (Å²) in [6, 6.07) is 84.6. The molecule has 6 aliphatic rings. The first-order valence-corrected chi connectivity index (χ1v) is 50.1. The van der Waals surface area contributed by atoms with E-state index in [1.54, 1.807) is 7.05 Å². The van der Waals surface area contributed by atoms with Gasteiger partial charge in [0.1, 0.15) is 11.7 Å². The lowest BCUT2D eigenvalue weighted by molar-refractivity contribution is -0.142. The molecule has 0 radical (unpaired) electrons. The first-order valence-electron chi connectivity index (χ1n) is 50.1. The van der Waals surface area contributed by atoms with E-state index in [0.29, 0.717) is 120 Å². The van der Waals surface area contributed by atoms with Crippen molar-refractivity contribution >= 4 is 111 Å². The second-order valence-electron chi connectivity index (χ2n) is 38.5. The van der Waals surface area contributed by atoms with Crippen molar-refractivity contribution in [2.75, 3.05) is 147 Å². The number of aliphatic hydroxyl groups is 1. The average molecular weight is 1980 g/mol. The SMILES string of the molecule is C.C.C.C.C.C=C(N1CCC(CNCCC(=O)c2ccc3ccccc3c2)CC1)C(F)(F)F.CN(C)C[C@@H]1CCCN1CCC(=O)c1ccc2ccccc2c1.CN(C)C[C@H]1CCCN1CCC(=O)c1ccc2ccccc2c1.CNC(=O)[C@H]1CCCN1CCC(=O)c1ccc2ccccc2c1.O=C(CCN1CCC[C@@H]1C(=O)O)c1ccc2ccccc2c1.O=C(CCN1CCC[C@H]1CO)c1ccc2ccccc2c1. The summed E-state index contributed by atoms with van der Waals surface area (Å²) in [4.78, 5) is 115. The number of carbonyl (C=O) groups excluding carboxylic acids is 7. The van der Waals surface area contributed by atoms with Gasteiger partial charge in [0, 0.05) is 163 Å². The number of nitrogens with zero attached hydrogens (tertiary/aromatic N) is 8. The molecule has 778 valence electrons. The highest BCUT2D eigenvalue weighted by Gasteiger charge is 2.38. The third kappa shape index (κ3) is 34.6. The highest BCUT2D eigenvalue weighted by atomic mass is 19.4. The summed E-state index contributed by atoms with van der Waals surface area (Å²) >= 11 is 0. The molecule has 0 unspecified atom stereocenters. The number of hydrogen-bond donors (Lipinski definition) is 4. The number of likely N-dealkylation sites (N-methyl/N-ethyl adjacent to an activating group) is 3. The number of likely N-dealkylation sites (tertiary alicyclic amines) is 6. The molecule has 1 amide bonds. The summed E-state index contributed by atoms with van der Waals surface area (Å²) < 4.78 is 38.1. The predicted octanol–water partition coefficient (Wildman–Crippen LogP) is 23.3. The first-order chi connectivity index (χ1) is 67.7. The van der Waals surface area contributed by atoms with Gasteiger partial charge in [0.2, 0.25) is 5.91 Å². The number of piperidine rings is 1. The van der Waals surface area contributed by atoms with E-state index < -0.39 is 23.9 Å². The Morgan fingerprint density at radius 3 is 0.883 bits per heavy atom. The second-order valence-corrected chi connectivity index (χ2v) is 38.5. The van der Waals surface area contributed by atoms with E-state index in [1.807, 2.05) is 229 Å². The standard InChI is InChI=1S/C22H25F3N2O.2C20H26N2O.C19H22N2O2.C18H19NO3.C18H21NO2.5CH4/c1-16(22(23,24)25)27-12-9-17(10-13-27)15-26-11-8-21(28)20-7-6-18-4-2-3-5-19(18)14-20;2*1-21(2)15-19-8-5-12-22(19)13-11-20(23)18-10-9-16-6-3-4-7-17(16)14-18;1-20-19(23)17-7-4-11-21(17)12-10-18(22)16-9-8-14-5-2-3-6-15(14)13-16;20-17(9-11-19-10-3-6-16(19)18(21)22)15-8-7-13-4-1-2-5-14(13)12-15;20-13-17-6-3-10-19(17)11-9-18(21)16-8-7-14-4-1-2-5-15(14)12-16;;;;;/h2-7,14,17,26H,1,8-13,15H2;2*3-4,6-7,9-10,14,19H,5,8,11-13,15H2,1-2H3;2-3,5-6,8-9,13,17H,4,7,10-12H2,1H3,(H,20,23);1-2,4-5,7-8,12,16H,3,6,9-11H2,(H,21,22);1-2,4-5,7-8,12,17,20H,3,6,9-11,13H2;5*1H4/t;2*19-;17-;16-;17-;;;;;/m.10110...../s1. The first kappa shape index (κ1) is 118. The molecule has 12 aromatic carbocycles. The number of rotatable bonds is 34. The average Bonchev–Trinajstić information content (AvgIpc) is 1.72. The number of amides is 1. The normalized spacial score (nSPS) is 17.5. The number of nitrogens with one attached hydrogen (secondary N) is 2. The summed E-state index contributed by atoms with van der Waals surface area (Å²) in [6.45, 7) is 16.2. The van der Waals surface area contributed by atoms with Crippen LogP contribution in [-0.2, 0) is 9.59 Å². The van der Waals surface area contributed by atoms with E-state index in [1.165, 1.54) is 41.4 Å². The largest absolute Gasteiger partial charge is 0.480 e. The molecule has 20 nitrogen and oxygen atoms in total. The minimum atomic E-state index is -4.35. The number of Topliss-reactive ketones (excluding diaryl/α,β-unsaturated/α-hetero) is 6. The number of aliphatic hydroxyl groups excluding tert-OH is 1. The quantitative estimate of drug-likeness (QED) is 0.0217. The Morgan fingerprint density at radius 1 is 0.345 bits per heavy atom. The molecule has 0 aromatic heterocycles. The van der Waals surface area contributed by atoms with Crippen LogP contribution in [0.5, 0.6) is 0 Å². The molecule has 5 atom stereocenters. The fourth-order valence-electron chi connectivity index (χ4n) is 20.3. The molecule has 6 saturated heterocycles. The highest BCUT2D eigenvalue weighted by Crippen LogP contribution is 2.33. The van der Waals surface area contributed by atoms with Crippen molar-refractivity contribution < 1.29 is 61.7 Å². The minimum Gasteiger partial charge on any atom is -0.480 e. The number of allylic oxidation sites excluding steroid dienone is 1. The van der Waals surface area contributed by atoms with Gasteiger partial charge in [-0.25, -0.2) is 0 Å². The Balaban J connectivity index is 0.000000211. The molecule has 0 saturated carbocycles. The number of ketones is 6. The van der Waals surface area contributed by atoms with E-state index in [4.69, 9.17) is 5.11 Å². The van der Waals surface area contributed by atoms with Gasteiger partial charge in [-0.3, -0.25) is 62.9 Å². The lowest BCUT2D eigenvalue weighted by atomic mass is 9.96. The van der Waals surface area contributed by atoms with Crippen LogP contribution in [0, 0.1) is 5.92 Å². The minimum absolute atomic E-state index is 0. The number of alkyl halides is 3. The Hall–Kier alpha value is -11.9. The number of carboxylic acid groups (broad SMARTS) is 1. The van der Waals surface area contributed by atoms with Crippen LogP contribution in [0.15, 0.2) is 267 Å². The third-order valence-corrected chi connectivity index (χ3v) is 28.3. The zero-order valence-corrected chi connectivity index (χ0v) is 82.0. The summed E-state index contributed by atoms with van der Waals surface area (Å²) in [5, 5.41) is 38.0. The number of hydrogen-bond acceptors (Lipinski definition) is 18. The van der Waals surface area contributed by atoms with Gasteiger partial charge in [-0.05, 0) is 251 Å². The van der Waals surface area contributed by atoms with E-state index in [0.717, 1.165) is 180 Å². The van der Waals surface area contributed by atoms with E-state index >= 15 is 0 Å². The number of carboxylic acids is 1. The van der Waals surface area contributed by atoms with Crippen molar-refractivity contribution in [2.24, 2.45) is 5.92 Å². The van der Waals surface area contributed by atoms with Gasteiger partial charge in [0.25, 0.3) is 0 Å². The van der Waals surface area contributed by atoms with Gasteiger partial charge in [-0.1, -0.05) is 262 Å². The molecule has 23 heteroatoms. The fraction of sp³-hybridized carbons (Fsp3) is 0.426. The van der Waals surface area contributed by atoms with Crippen molar-refractivity contribution in [2.45, 2.75) is 189 Å². The second kappa shape index (κ2) is 59.1. The summed E-state index contributed by atoms with van der Waals surface area (Å²) in [5.41, 5.74) is 3.87. The maximum absolute atomic E-state index is 12.7. The van der Waals surface area contributed by atoms with Crippen LogP contribution in [0.4, 0.5) is 13.2 Å². The van der Waals surface area contributed by atoms with Crippen molar-refractivity contribution in [3.8, 4) is 0 Å². The summed E-state index contributed by atoms with van der Waals surface area (Å²) in [5.74, 6) is 0.598. The Labute approximate surface area is 859 Å². The maximum atomic E-state index is 12.7. The lowest BCUT2D eigenvalue weighted by Gasteiger charge is -2.35. The van der Waals surface area contributed by atoms with E-state index in [-0.39, 0.29) is 96.4 Å². The lowest BCUT2D eigenvalue weighted by Crippen LogP contribution is -2.42. The number of fused-ring (bicyclic) bond motifs is 6. The predicted molar refractivity (Wildman–Crippen MR) is 592 cm³/mol. The molecule has 6 aliphatic heterocycles. The highest BCUT2D eigenvalue weighted by molar-refractivity contribution is 6.04. The van der Waals surface area contributed by atoms with Crippen LogP contribution >= 0.6 is 0 Å². The molecule has 4 N–H and O–H groups in total. The van der Waals surface area contributed by atoms with Gasteiger partial charge in [-0.2, -0.15) is 13.2 Å². The van der Waals surface area contributed by atoms with Crippen molar-refractivity contribution in [3.63, 3.8) is 0 Å². The smallest absolute Gasteiger partial charge is 0.430 e. The van der Waals surface area contributed by atoms with Gasteiger partial charge < -0.3 is 35.5 Å². The van der Waals surface area contributed by atoms with Gasteiger partial charge in [0.05, 0.1) is 12.6 Å². The molecule has 12 aromatic rings. The molecule has 18 rings (SSSR count). The Bertz CT molecular complexity index is 6080. The van der Waals surface area contributed by atoms with Crippen LogP contribution < -0.4 is 10.6 Å². The number of carbonyl (C=O) groups is 8. The van der Waals surface area contributed by atoms with Crippen molar-refractivity contribution in [1.82, 2.24) is 49.8 Å². The number of halogens is 3. The van der Waals surface area contributed by atoms with Crippen molar-refractivity contribution in [1.29, 1.82) is 0 Å².